The predicted octanol–water partition coefficient (Wildman–Crippen LogP) is 2.68. The molecule has 0 spiro atoms. The van der Waals surface area contributed by atoms with E-state index < -0.39 is 0 Å². The van der Waals surface area contributed by atoms with E-state index in [0.717, 1.165) is 37.1 Å². The van der Waals surface area contributed by atoms with Gasteiger partial charge in [0.05, 0.1) is 0 Å². The number of carbonyl (C=O) groups is 2. The van der Waals surface area contributed by atoms with E-state index in [2.05, 4.69) is 45.4 Å². The van der Waals surface area contributed by atoms with Gasteiger partial charge >= 0.3 is 0 Å². The average Bonchev–Trinajstić information content (AvgIpc) is 3.15. The van der Waals surface area contributed by atoms with Crippen molar-refractivity contribution in [2.45, 2.75) is 51.4 Å². The molecule has 2 saturated carbocycles. The number of carbonyl (C=O) groups excluding carboxylic acids is 2. The van der Waals surface area contributed by atoms with E-state index in [9.17, 15) is 9.59 Å². The summed E-state index contributed by atoms with van der Waals surface area (Å²) >= 11 is 0. The van der Waals surface area contributed by atoms with Gasteiger partial charge in [-0.1, -0.05) is 24.3 Å². The number of hydrazone groups is 2. The number of rotatable bonds is 7. The second-order valence-corrected chi connectivity index (χ2v) is 7.79. The molecule has 2 amide bonds. The van der Waals surface area contributed by atoms with Crippen molar-refractivity contribution in [1.29, 1.82) is 0 Å². The van der Waals surface area contributed by atoms with Crippen molar-refractivity contribution in [1.82, 2.24) is 10.9 Å². The van der Waals surface area contributed by atoms with Crippen molar-refractivity contribution in [3.8, 4) is 0 Å². The van der Waals surface area contributed by atoms with Gasteiger partial charge in [-0.25, -0.2) is 10.9 Å². The molecule has 4 aliphatic carbocycles. The van der Waals surface area contributed by atoms with Gasteiger partial charge in [0.25, 0.3) is 0 Å². The third-order valence-electron chi connectivity index (χ3n) is 6.00. The fourth-order valence-electron chi connectivity index (χ4n) is 4.27. The minimum atomic E-state index is -0.0721. The van der Waals surface area contributed by atoms with Gasteiger partial charge in [-0.2, -0.15) is 10.2 Å². The summed E-state index contributed by atoms with van der Waals surface area (Å²) in [5, 5.41) is 8.48. The molecule has 0 aliphatic heterocycles. The highest BCUT2D eigenvalue weighted by Crippen LogP contribution is 2.40. The van der Waals surface area contributed by atoms with Crippen LogP contribution in [0.4, 0.5) is 0 Å². The van der Waals surface area contributed by atoms with Crippen LogP contribution in [-0.2, 0) is 9.59 Å². The molecule has 4 aliphatic rings. The third-order valence-corrected chi connectivity index (χ3v) is 6.00. The lowest BCUT2D eigenvalue weighted by Gasteiger charge is -2.31. The fraction of sp³-hybridized carbons (Fsp3) is 0.600. The first-order valence-electron chi connectivity index (χ1n) is 9.74. The quantitative estimate of drug-likeness (QED) is 0.419. The Bertz CT molecular complexity index is 647. The summed E-state index contributed by atoms with van der Waals surface area (Å²) in [7, 11) is 0. The minimum Gasteiger partial charge on any atom is -0.273 e. The maximum atomic E-state index is 11.8. The van der Waals surface area contributed by atoms with Gasteiger partial charge in [0.2, 0.25) is 11.8 Å². The summed E-state index contributed by atoms with van der Waals surface area (Å²) in [6.45, 7) is 0. The van der Waals surface area contributed by atoms with Gasteiger partial charge in [0.1, 0.15) is 0 Å². The summed E-state index contributed by atoms with van der Waals surface area (Å²) in [5.41, 5.74) is 7.47. The molecular formula is C20H26N4O2. The predicted molar refractivity (Wildman–Crippen MR) is 100 cm³/mol. The van der Waals surface area contributed by atoms with E-state index in [1.807, 2.05) is 0 Å². The highest BCUT2D eigenvalue weighted by Gasteiger charge is 2.38. The second-order valence-electron chi connectivity index (χ2n) is 7.79. The van der Waals surface area contributed by atoms with E-state index in [1.165, 1.54) is 0 Å². The molecule has 2 fully saturated rings. The van der Waals surface area contributed by atoms with Crippen molar-refractivity contribution in [3.05, 3.63) is 24.3 Å². The SMILES string of the molecule is O=C(CCCCC(=O)N/N=C1\CC2CC=CC12)N/N=C1\CC2CC=CC12. The molecule has 0 saturated heterocycles. The normalized spacial score (nSPS) is 33.5. The molecule has 4 atom stereocenters. The van der Waals surface area contributed by atoms with Crippen LogP contribution in [0.1, 0.15) is 51.4 Å². The Balaban J connectivity index is 1.07. The molecule has 4 unspecified atom stereocenters. The molecule has 0 aromatic heterocycles. The molecule has 6 nitrogen and oxygen atoms in total. The Morgan fingerprint density at radius 1 is 0.846 bits per heavy atom. The minimum absolute atomic E-state index is 0.0721. The molecule has 0 aromatic carbocycles. The smallest absolute Gasteiger partial charge is 0.240 e. The van der Waals surface area contributed by atoms with Crippen LogP contribution in [0.25, 0.3) is 0 Å². The maximum Gasteiger partial charge on any atom is 0.240 e. The van der Waals surface area contributed by atoms with Crippen LogP contribution in [-0.4, -0.2) is 23.2 Å². The van der Waals surface area contributed by atoms with E-state index in [4.69, 9.17) is 0 Å². The van der Waals surface area contributed by atoms with E-state index in [-0.39, 0.29) is 11.8 Å². The lowest BCUT2D eigenvalue weighted by atomic mass is 9.74. The van der Waals surface area contributed by atoms with E-state index >= 15 is 0 Å². The van der Waals surface area contributed by atoms with Gasteiger partial charge < -0.3 is 0 Å². The zero-order valence-electron chi connectivity index (χ0n) is 15.0. The van der Waals surface area contributed by atoms with E-state index in [1.54, 1.807) is 0 Å². The van der Waals surface area contributed by atoms with Gasteiger partial charge in [-0.05, 0) is 50.4 Å². The zero-order chi connectivity index (χ0) is 17.9. The highest BCUT2D eigenvalue weighted by molar-refractivity contribution is 5.96. The molecule has 4 rings (SSSR count). The summed E-state index contributed by atoms with van der Waals surface area (Å²) in [6.07, 6.45) is 15.2. The summed E-state index contributed by atoms with van der Waals surface area (Å²) in [4.78, 5) is 23.7. The molecular weight excluding hydrogens is 328 g/mol. The largest absolute Gasteiger partial charge is 0.273 e. The Morgan fingerprint density at radius 3 is 1.73 bits per heavy atom. The third kappa shape index (κ3) is 3.64. The number of unbranched alkanes of at least 4 members (excludes halogenated alkanes) is 1. The first-order valence-corrected chi connectivity index (χ1v) is 9.74. The lowest BCUT2D eigenvalue weighted by molar-refractivity contribution is -0.123. The van der Waals surface area contributed by atoms with Gasteiger partial charge in [-0.15, -0.1) is 0 Å². The van der Waals surface area contributed by atoms with Crippen molar-refractivity contribution in [3.63, 3.8) is 0 Å². The molecule has 6 heteroatoms. The molecule has 0 heterocycles. The van der Waals surface area contributed by atoms with Crippen LogP contribution < -0.4 is 10.9 Å². The Labute approximate surface area is 153 Å². The van der Waals surface area contributed by atoms with Crippen LogP contribution >= 0.6 is 0 Å². The topological polar surface area (TPSA) is 82.9 Å². The molecule has 0 bridgehead atoms. The Hall–Kier alpha value is -2.24. The van der Waals surface area contributed by atoms with Crippen LogP contribution in [0.15, 0.2) is 34.5 Å². The lowest BCUT2D eigenvalue weighted by Crippen LogP contribution is -2.35. The molecule has 0 aromatic rings. The van der Waals surface area contributed by atoms with Crippen LogP contribution in [0.3, 0.4) is 0 Å². The molecule has 26 heavy (non-hydrogen) atoms. The number of nitrogens with zero attached hydrogens (tertiary/aromatic N) is 2. The maximum absolute atomic E-state index is 11.8. The average molecular weight is 354 g/mol. The number of hydrogen-bond donors (Lipinski definition) is 2. The zero-order valence-corrected chi connectivity index (χ0v) is 15.0. The Morgan fingerprint density at radius 2 is 1.31 bits per heavy atom. The van der Waals surface area contributed by atoms with Crippen LogP contribution in [0.5, 0.6) is 0 Å². The van der Waals surface area contributed by atoms with Crippen molar-refractivity contribution < 1.29 is 9.59 Å². The van der Waals surface area contributed by atoms with Gasteiger partial charge in [0, 0.05) is 36.1 Å². The fourth-order valence-corrected chi connectivity index (χ4v) is 4.27. The number of amides is 2. The summed E-state index contributed by atoms with van der Waals surface area (Å²) in [5.74, 6) is 2.18. The summed E-state index contributed by atoms with van der Waals surface area (Å²) in [6, 6.07) is 0. The number of allylic oxidation sites excluding steroid dienone is 4. The van der Waals surface area contributed by atoms with Crippen molar-refractivity contribution in [2.75, 3.05) is 0 Å². The number of nitrogens with one attached hydrogen (secondary N) is 2. The first-order chi connectivity index (χ1) is 12.7. The van der Waals surface area contributed by atoms with Crippen molar-refractivity contribution >= 4 is 23.2 Å². The van der Waals surface area contributed by atoms with Crippen molar-refractivity contribution in [2.24, 2.45) is 33.9 Å². The Kier molecular flexibility index (Phi) is 5.00. The standard InChI is InChI=1S/C20H26N4O2/c25-19(23-21-17-11-13-5-3-7-15(13)17)9-1-2-10-20(26)24-22-18-12-14-6-4-8-16(14)18/h3-4,7-8,13-16H,1-2,5-6,9-12H2,(H,23,25)(H,24,26)/b21-17+,22-18+. The molecule has 0 radical (unpaired) electrons. The highest BCUT2D eigenvalue weighted by atomic mass is 16.2. The van der Waals surface area contributed by atoms with E-state index in [0.29, 0.717) is 49.4 Å². The second kappa shape index (κ2) is 7.56. The molecule has 138 valence electrons. The van der Waals surface area contributed by atoms with Gasteiger partial charge in [0.15, 0.2) is 0 Å². The molecule has 2 N–H and O–H groups in total. The first kappa shape index (κ1) is 17.2. The van der Waals surface area contributed by atoms with Gasteiger partial charge in [-0.3, -0.25) is 9.59 Å². The monoisotopic (exact) mass is 354 g/mol. The number of fused-ring (bicyclic) bond motifs is 2. The van der Waals surface area contributed by atoms with Crippen LogP contribution in [0, 0.1) is 23.7 Å². The van der Waals surface area contributed by atoms with Crippen LogP contribution in [0.2, 0.25) is 0 Å². The summed E-state index contributed by atoms with van der Waals surface area (Å²) < 4.78 is 0. The number of hydrogen-bond acceptors (Lipinski definition) is 4.